The molecule has 1 atom stereocenters. The van der Waals surface area contributed by atoms with Gasteiger partial charge in [0.25, 0.3) is 0 Å². The van der Waals surface area contributed by atoms with Gasteiger partial charge in [0.2, 0.25) is 0 Å². The van der Waals surface area contributed by atoms with E-state index in [-0.39, 0.29) is 0 Å². The molecular weight excluding hydrogens is 227 g/mol. The number of hydrogen-bond acceptors (Lipinski definition) is 2. The van der Waals surface area contributed by atoms with E-state index < -0.39 is 6.67 Å². The minimum Gasteiger partial charge on any atom is -0.384 e. The van der Waals surface area contributed by atoms with Gasteiger partial charge in [-0.25, -0.2) is 4.39 Å². The molecule has 1 aromatic rings. The second-order valence-electron chi connectivity index (χ2n) is 4.19. The van der Waals surface area contributed by atoms with Crippen LogP contribution in [-0.2, 0) is 6.67 Å². The average molecular weight is 243 g/mol. The molecule has 2 N–H and O–H groups in total. The molecule has 4 heteroatoms. The lowest BCUT2D eigenvalue weighted by atomic mass is 10.1. The molecule has 1 aliphatic heterocycles. The van der Waals surface area contributed by atoms with Gasteiger partial charge in [-0.15, -0.1) is 0 Å². The van der Waals surface area contributed by atoms with Crippen molar-refractivity contribution in [1.29, 1.82) is 0 Å². The summed E-state index contributed by atoms with van der Waals surface area (Å²) in [5, 5.41) is 7.23. The lowest BCUT2D eigenvalue weighted by Crippen LogP contribution is -2.17. The maximum Gasteiger partial charge on any atom is 0.115 e. The van der Waals surface area contributed by atoms with E-state index in [9.17, 15) is 4.39 Å². The minimum atomic E-state index is -0.466. The number of rotatable bonds is 4. The van der Waals surface area contributed by atoms with E-state index in [2.05, 4.69) is 10.6 Å². The Kier molecular flexibility index (Phi) is 4.02. The van der Waals surface area contributed by atoms with Crippen LogP contribution in [0.25, 0.3) is 0 Å². The van der Waals surface area contributed by atoms with Crippen molar-refractivity contribution in [3.8, 4) is 0 Å². The summed E-state index contributed by atoms with van der Waals surface area (Å²) >= 11 is 6.05. The molecule has 0 amide bonds. The van der Waals surface area contributed by atoms with E-state index >= 15 is 0 Å². The van der Waals surface area contributed by atoms with E-state index in [1.165, 1.54) is 6.42 Å². The second-order valence-corrected chi connectivity index (χ2v) is 4.59. The monoisotopic (exact) mass is 242 g/mol. The zero-order valence-electron chi connectivity index (χ0n) is 9.10. The molecule has 1 fully saturated rings. The lowest BCUT2D eigenvalue weighted by molar-refractivity contribution is 0.485. The summed E-state index contributed by atoms with van der Waals surface area (Å²) < 4.78 is 12.4. The molecule has 1 heterocycles. The first kappa shape index (κ1) is 11.7. The number of benzene rings is 1. The molecule has 88 valence electrons. The van der Waals surface area contributed by atoms with Crippen molar-refractivity contribution in [2.24, 2.45) is 5.92 Å². The molecule has 0 bridgehead atoms. The molecule has 1 saturated heterocycles. The fourth-order valence-corrected chi connectivity index (χ4v) is 2.20. The third kappa shape index (κ3) is 2.86. The Hall–Kier alpha value is -0.800. The molecule has 2 rings (SSSR count). The van der Waals surface area contributed by atoms with Crippen molar-refractivity contribution in [1.82, 2.24) is 5.32 Å². The molecule has 0 aliphatic carbocycles. The SMILES string of the molecule is FCc1ccc(NCC2CCNC2)c(Cl)c1. The van der Waals surface area contributed by atoms with Crippen LogP contribution in [0, 0.1) is 5.92 Å². The van der Waals surface area contributed by atoms with Crippen molar-refractivity contribution in [3.63, 3.8) is 0 Å². The van der Waals surface area contributed by atoms with E-state index in [1.807, 2.05) is 6.07 Å². The number of hydrogen-bond donors (Lipinski definition) is 2. The summed E-state index contributed by atoms with van der Waals surface area (Å²) in [7, 11) is 0. The Morgan fingerprint density at radius 1 is 1.50 bits per heavy atom. The molecular formula is C12H16ClFN2. The first-order valence-corrected chi connectivity index (χ1v) is 5.96. The van der Waals surface area contributed by atoms with Crippen LogP contribution in [0.5, 0.6) is 0 Å². The first-order valence-electron chi connectivity index (χ1n) is 5.58. The highest BCUT2D eigenvalue weighted by Gasteiger charge is 2.14. The Balaban J connectivity index is 1.93. The van der Waals surface area contributed by atoms with E-state index in [1.54, 1.807) is 12.1 Å². The summed E-state index contributed by atoms with van der Waals surface area (Å²) in [6.45, 7) is 2.61. The number of anilines is 1. The second kappa shape index (κ2) is 5.51. The van der Waals surface area contributed by atoms with Gasteiger partial charge >= 0.3 is 0 Å². The van der Waals surface area contributed by atoms with Gasteiger partial charge in [-0.3, -0.25) is 0 Å². The third-order valence-electron chi connectivity index (χ3n) is 2.93. The predicted octanol–water partition coefficient (Wildman–Crippen LogP) is 2.83. The van der Waals surface area contributed by atoms with E-state index in [0.717, 1.165) is 25.3 Å². The Bertz CT molecular complexity index is 351. The predicted molar refractivity (Wildman–Crippen MR) is 65.7 cm³/mol. The number of alkyl halides is 1. The van der Waals surface area contributed by atoms with E-state index in [0.29, 0.717) is 16.5 Å². The highest BCUT2D eigenvalue weighted by molar-refractivity contribution is 6.33. The highest BCUT2D eigenvalue weighted by atomic mass is 35.5. The molecule has 0 aromatic heterocycles. The topological polar surface area (TPSA) is 24.1 Å². The summed E-state index contributed by atoms with van der Waals surface area (Å²) in [6.07, 6.45) is 1.20. The van der Waals surface area contributed by atoms with Gasteiger partial charge in [0.15, 0.2) is 0 Å². The van der Waals surface area contributed by atoms with Gasteiger partial charge in [-0.2, -0.15) is 0 Å². The molecule has 0 spiro atoms. The van der Waals surface area contributed by atoms with E-state index in [4.69, 9.17) is 11.6 Å². The molecule has 0 saturated carbocycles. The Morgan fingerprint density at radius 3 is 3.00 bits per heavy atom. The molecule has 1 aliphatic rings. The van der Waals surface area contributed by atoms with Crippen molar-refractivity contribution in [3.05, 3.63) is 28.8 Å². The standard InChI is InChI=1S/C12H16ClFN2/c13-11-5-9(6-14)1-2-12(11)16-8-10-3-4-15-7-10/h1-2,5,10,15-16H,3-4,6-8H2. The average Bonchev–Trinajstić information content (AvgIpc) is 2.80. The van der Waals surface area contributed by atoms with Crippen LogP contribution < -0.4 is 10.6 Å². The number of halogens is 2. The molecule has 16 heavy (non-hydrogen) atoms. The number of nitrogens with one attached hydrogen (secondary N) is 2. The molecule has 0 radical (unpaired) electrons. The van der Waals surface area contributed by atoms with Crippen LogP contribution in [0.4, 0.5) is 10.1 Å². The van der Waals surface area contributed by atoms with Gasteiger partial charge in [-0.05, 0) is 43.1 Å². The summed E-state index contributed by atoms with van der Waals surface area (Å²) in [5.41, 5.74) is 1.52. The van der Waals surface area contributed by atoms with Crippen molar-refractivity contribution in [2.45, 2.75) is 13.1 Å². The zero-order chi connectivity index (χ0) is 11.4. The summed E-state index contributed by atoms with van der Waals surface area (Å²) in [4.78, 5) is 0. The lowest BCUT2D eigenvalue weighted by Gasteiger charge is -2.12. The van der Waals surface area contributed by atoms with Crippen LogP contribution in [0.1, 0.15) is 12.0 Å². The quantitative estimate of drug-likeness (QED) is 0.849. The molecule has 1 aromatic carbocycles. The van der Waals surface area contributed by atoms with Crippen LogP contribution in [0.2, 0.25) is 5.02 Å². The van der Waals surface area contributed by atoms with Gasteiger partial charge in [-0.1, -0.05) is 17.7 Å². The largest absolute Gasteiger partial charge is 0.384 e. The van der Waals surface area contributed by atoms with Crippen LogP contribution in [-0.4, -0.2) is 19.6 Å². The summed E-state index contributed by atoms with van der Waals surface area (Å²) in [6, 6.07) is 5.29. The zero-order valence-corrected chi connectivity index (χ0v) is 9.86. The van der Waals surface area contributed by atoms with Crippen LogP contribution in [0.15, 0.2) is 18.2 Å². The Morgan fingerprint density at radius 2 is 2.38 bits per heavy atom. The summed E-state index contributed by atoms with van der Waals surface area (Å²) in [5.74, 6) is 0.664. The fraction of sp³-hybridized carbons (Fsp3) is 0.500. The van der Waals surface area contributed by atoms with Crippen LogP contribution >= 0.6 is 11.6 Å². The molecule has 2 nitrogen and oxygen atoms in total. The van der Waals surface area contributed by atoms with Gasteiger partial charge in [0.05, 0.1) is 10.7 Å². The fourth-order valence-electron chi connectivity index (χ4n) is 1.93. The minimum absolute atomic E-state index is 0.466. The van der Waals surface area contributed by atoms with Gasteiger partial charge < -0.3 is 10.6 Å². The van der Waals surface area contributed by atoms with Gasteiger partial charge in [0.1, 0.15) is 6.67 Å². The van der Waals surface area contributed by atoms with Crippen molar-refractivity contribution in [2.75, 3.05) is 25.0 Å². The third-order valence-corrected chi connectivity index (χ3v) is 3.24. The van der Waals surface area contributed by atoms with Crippen molar-refractivity contribution < 1.29 is 4.39 Å². The molecule has 1 unspecified atom stereocenters. The first-order chi connectivity index (χ1) is 7.79. The maximum atomic E-state index is 12.4. The van der Waals surface area contributed by atoms with Gasteiger partial charge in [0, 0.05) is 6.54 Å². The normalized spacial score (nSPS) is 20.0. The smallest absolute Gasteiger partial charge is 0.115 e. The van der Waals surface area contributed by atoms with Crippen molar-refractivity contribution >= 4 is 17.3 Å². The Labute approximate surface area is 100 Å². The van der Waals surface area contributed by atoms with Crippen LogP contribution in [0.3, 0.4) is 0 Å². The maximum absolute atomic E-state index is 12.4. The highest BCUT2D eigenvalue weighted by Crippen LogP contribution is 2.24.